The number of hydrogen-bond acceptors (Lipinski definition) is 8. The second-order valence-electron chi connectivity index (χ2n) is 5.85. The summed E-state index contributed by atoms with van der Waals surface area (Å²) in [6.45, 7) is 1.49. The first-order valence-corrected chi connectivity index (χ1v) is 8.11. The number of carboxylic acid groups (broad SMARTS) is 2. The number of rotatable bonds is 6. The van der Waals surface area contributed by atoms with E-state index in [4.69, 9.17) is 26.2 Å². The fourth-order valence-electron chi connectivity index (χ4n) is 2.32. The van der Waals surface area contributed by atoms with E-state index in [0.29, 0.717) is 5.56 Å². The van der Waals surface area contributed by atoms with Crippen LogP contribution < -0.4 is 5.73 Å². The van der Waals surface area contributed by atoms with Crippen LogP contribution in [0.15, 0.2) is 24.5 Å². The molecule has 2 rings (SSSR count). The van der Waals surface area contributed by atoms with Crippen molar-refractivity contribution in [1.29, 1.82) is 0 Å². The summed E-state index contributed by atoms with van der Waals surface area (Å²) in [6.07, 6.45) is -0.314. The van der Waals surface area contributed by atoms with Gasteiger partial charge in [0.05, 0.1) is 0 Å². The summed E-state index contributed by atoms with van der Waals surface area (Å²) in [4.78, 5) is 37.1. The molecule has 11 nitrogen and oxygen atoms in total. The molecule has 1 aliphatic rings. The molecule has 0 spiro atoms. The van der Waals surface area contributed by atoms with Crippen molar-refractivity contribution in [2.75, 3.05) is 13.1 Å². The molecule has 0 aliphatic carbocycles. The first-order valence-electron chi connectivity index (χ1n) is 8.11. The van der Waals surface area contributed by atoms with Gasteiger partial charge in [-0.2, -0.15) is 0 Å². The average Bonchev–Trinajstić information content (AvgIpc) is 3.20. The molecular formula is C16H23N3O8. The van der Waals surface area contributed by atoms with E-state index in [1.807, 2.05) is 0 Å². The number of nitrogens with zero attached hydrogens (tertiary/aromatic N) is 2. The van der Waals surface area contributed by atoms with Crippen molar-refractivity contribution in [3.05, 3.63) is 30.1 Å². The van der Waals surface area contributed by atoms with E-state index >= 15 is 0 Å². The van der Waals surface area contributed by atoms with Crippen LogP contribution in [0.3, 0.4) is 0 Å². The minimum absolute atomic E-state index is 0.174. The van der Waals surface area contributed by atoms with Crippen LogP contribution in [0.4, 0.5) is 0 Å². The molecule has 4 unspecified atom stereocenters. The van der Waals surface area contributed by atoms with E-state index < -0.39 is 36.3 Å². The molecule has 1 aromatic rings. The number of carboxylic acids is 2. The topological polar surface area (TPSA) is 195 Å². The van der Waals surface area contributed by atoms with Gasteiger partial charge in [-0.25, -0.2) is 9.59 Å². The number of pyridine rings is 1. The number of aliphatic hydroxyl groups excluding tert-OH is 3. The number of carbonyl (C=O) groups is 3. The van der Waals surface area contributed by atoms with Crippen LogP contribution in [0.2, 0.25) is 0 Å². The highest BCUT2D eigenvalue weighted by atomic mass is 16.4. The number of carbonyl (C=O) groups excluding carboxylic acids is 1. The number of amides is 1. The van der Waals surface area contributed by atoms with Crippen LogP contribution >= 0.6 is 0 Å². The molecule has 0 radical (unpaired) electrons. The molecule has 0 aromatic carbocycles. The van der Waals surface area contributed by atoms with Gasteiger partial charge in [0.15, 0.2) is 12.2 Å². The van der Waals surface area contributed by atoms with Gasteiger partial charge < -0.3 is 36.2 Å². The van der Waals surface area contributed by atoms with Crippen molar-refractivity contribution >= 4 is 17.8 Å². The number of aliphatic hydroxyl groups is 3. The van der Waals surface area contributed by atoms with E-state index in [1.54, 1.807) is 29.4 Å². The van der Waals surface area contributed by atoms with Gasteiger partial charge in [0.25, 0.3) is 0 Å². The van der Waals surface area contributed by atoms with Crippen molar-refractivity contribution in [2.24, 2.45) is 5.73 Å². The maximum Gasteiger partial charge on any atom is 0.335 e. The minimum Gasteiger partial charge on any atom is -0.479 e. The third kappa shape index (κ3) is 6.57. The third-order valence-corrected chi connectivity index (χ3v) is 3.90. The summed E-state index contributed by atoms with van der Waals surface area (Å²) in [5.74, 6) is -3.71. The Labute approximate surface area is 154 Å². The zero-order chi connectivity index (χ0) is 20.6. The molecule has 7 N–H and O–H groups in total. The van der Waals surface area contributed by atoms with Crippen molar-refractivity contribution in [3.63, 3.8) is 0 Å². The van der Waals surface area contributed by atoms with E-state index in [2.05, 4.69) is 4.98 Å². The van der Waals surface area contributed by atoms with Crippen molar-refractivity contribution < 1.29 is 39.9 Å². The monoisotopic (exact) mass is 385 g/mol. The Morgan fingerprint density at radius 2 is 1.41 bits per heavy atom. The quantitative estimate of drug-likeness (QED) is 0.317. The molecule has 1 saturated heterocycles. The lowest BCUT2D eigenvalue weighted by Crippen LogP contribution is -2.45. The Bertz CT molecular complexity index is 618. The molecule has 150 valence electrons. The summed E-state index contributed by atoms with van der Waals surface area (Å²) in [5.41, 5.74) is 6.44. The summed E-state index contributed by atoms with van der Waals surface area (Å²) in [6, 6.07) is 2.44. The van der Waals surface area contributed by atoms with Crippen molar-refractivity contribution in [1.82, 2.24) is 9.88 Å². The number of likely N-dealkylation sites (tertiary alicyclic amines) is 1. The predicted molar refractivity (Wildman–Crippen MR) is 90.3 cm³/mol. The molecule has 0 bridgehead atoms. The standard InChI is InChI=1S/C12H17N3O2.C4H6O6/c13-10(12(17)15-7-1-2-8-15)11(16)9-3-5-14-6-4-9;5-1(3(7)8)2(6)4(9)10/h3-6,10-11,16H,1-2,7-8,13H2;1-2,5-6H,(H,7,8)(H,9,10). The SMILES string of the molecule is NC(C(=O)N1CCCC1)C(O)c1ccncc1.O=C(O)C(O)C(O)C(=O)O. The Morgan fingerprint density at radius 3 is 1.81 bits per heavy atom. The van der Waals surface area contributed by atoms with E-state index in [0.717, 1.165) is 25.9 Å². The van der Waals surface area contributed by atoms with E-state index in [9.17, 15) is 19.5 Å². The van der Waals surface area contributed by atoms with Gasteiger partial charge in [-0.05, 0) is 30.5 Å². The van der Waals surface area contributed by atoms with Gasteiger partial charge in [0, 0.05) is 25.5 Å². The van der Waals surface area contributed by atoms with Gasteiger partial charge >= 0.3 is 11.9 Å². The largest absolute Gasteiger partial charge is 0.479 e. The molecule has 2 heterocycles. The minimum atomic E-state index is -2.27. The Hall–Kier alpha value is -2.60. The van der Waals surface area contributed by atoms with Gasteiger partial charge in [0.1, 0.15) is 12.1 Å². The first-order chi connectivity index (χ1) is 12.7. The number of hydrogen-bond donors (Lipinski definition) is 6. The molecule has 11 heteroatoms. The lowest BCUT2D eigenvalue weighted by atomic mass is 10.0. The maximum atomic E-state index is 12.0. The van der Waals surface area contributed by atoms with Gasteiger partial charge in [-0.3, -0.25) is 9.78 Å². The van der Waals surface area contributed by atoms with Crippen LogP contribution in [-0.4, -0.2) is 84.6 Å². The average molecular weight is 385 g/mol. The molecule has 1 aliphatic heterocycles. The smallest absolute Gasteiger partial charge is 0.335 e. The molecule has 0 saturated carbocycles. The summed E-state index contributed by atoms with van der Waals surface area (Å²) in [5, 5.41) is 42.5. The second kappa shape index (κ2) is 10.5. The zero-order valence-electron chi connectivity index (χ0n) is 14.4. The molecule has 1 aromatic heterocycles. The Kier molecular flexibility index (Phi) is 8.75. The predicted octanol–water partition coefficient (Wildman–Crippen LogP) is -2.06. The van der Waals surface area contributed by atoms with Gasteiger partial charge in [0.2, 0.25) is 5.91 Å². The highest BCUT2D eigenvalue weighted by Crippen LogP contribution is 2.18. The van der Waals surface area contributed by atoms with Gasteiger partial charge in [-0.1, -0.05) is 0 Å². The maximum absolute atomic E-state index is 12.0. The van der Waals surface area contributed by atoms with Crippen LogP contribution in [0.25, 0.3) is 0 Å². The number of nitrogens with two attached hydrogens (primary N) is 1. The molecular weight excluding hydrogens is 362 g/mol. The molecule has 27 heavy (non-hydrogen) atoms. The van der Waals surface area contributed by atoms with Crippen LogP contribution in [0.5, 0.6) is 0 Å². The van der Waals surface area contributed by atoms with Crippen LogP contribution in [0.1, 0.15) is 24.5 Å². The van der Waals surface area contributed by atoms with Gasteiger partial charge in [-0.15, -0.1) is 0 Å². The second-order valence-corrected chi connectivity index (χ2v) is 5.85. The third-order valence-electron chi connectivity index (χ3n) is 3.90. The summed E-state index contributed by atoms with van der Waals surface area (Å²) in [7, 11) is 0. The molecule has 1 fully saturated rings. The fourth-order valence-corrected chi connectivity index (χ4v) is 2.32. The Balaban J connectivity index is 0.000000314. The number of aromatic nitrogens is 1. The number of aliphatic carboxylic acids is 2. The fraction of sp³-hybridized carbons (Fsp3) is 0.500. The highest BCUT2D eigenvalue weighted by molar-refractivity contribution is 5.83. The zero-order valence-corrected chi connectivity index (χ0v) is 14.4. The van der Waals surface area contributed by atoms with Crippen molar-refractivity contribution in [3.8, 4) is 0 Å². The Morgan fingerprint density at radius 1 is 0.963 bits per heavy atom. The molecule has 4 atom stereocenters. The molecule has 1 amide bonds. The van der Waals surface area contributed by atoms with Crippen molar-refractivity contribution in [2.45, 2.75) is 37.2 Å². The van der Waals surface area contributed by atoms with E-state index in [-0.39, 0.29) is 5.91 Å². The lowest BCUT2D eigenvalue weighted by molar-refractivity contribution is -0.165. The lowest BCUT2D eigenvalue weighted by Gasteiger charge is -2.23. The van der Waals surface area contributed by atoms with Crippen LogP contribution in [-0.2, 0) is 14.4 Å². The highest BCUT2D eigenvalue weighted by Gasteiger charge is 2.30. The summed E-state index contributed by atoms with van der Waals surface area (Å²) < 4.78 is 0. The first kappa shape index (κ1) is 22.4. The van der Waals surface area contributed by atoms with E-state index in [1.165, 1.54) is 0 Å². The normalized spacial score (nSPS) is 17.9. The van der Waals surface area contributed by atoms with Crippen LogP contribution in [0, 0.1) is 0 Å². The summed E-state index contributed by atoms with van der Waals surface area (Å²) >= 11 is 0.